The zero-order valence-corrected chi connectivity index (χ0v) is 10.9. The zero-order valence-electron chi connectivity index (χ0n) is 10.2. The number of hydrogen-bond acceptors (Lipinski definition) is 2. The van der Waals surface area contributed by atoms with Gasteiger partial charge in [0.05, 0.1) is 0 Å². The molecule has 0 radical (unpaired) electrons. The molecule has 1 fully saturated rings. The predicted octanol–water partition coefficient (Wildman–Crippen LogP) is 3.28. The van der Waals surface area contributed by atoms with Crippen LogP contribution < -0.4 is 10.6 Å². The van der Waals surface area contributed by atoms with Crippen LogP contribution in [0.2, 0.25) is 5.02 Å². The van der Waals surface area contributed by atoms with Crippen LogP contribution >= 0.6 is 11.6 Å². The van der Waals surface area contributed by atoms with Gasteiger partial charge in [-0.1, -0.05) is 25.4 Å². The van der Waals surface area contributed by atoms with Crippen LogP contribution in [0, 0.1) is 11.2 Å². The van der Waals surface area contributed by atoms with Crippen LogP contribution in [-0.4, -0.2) is 19.1 Å². The number of hydrogen-bond donors (Lipinski definition) is 2. The minimum atomic E-state index is -0.299. The van der Waals surface area contributed by atoms with Gasteiger partial charge in [0, 0.05) is 23.3 Å². The minimum Gasteiger partial charge on any atom is -0.382 e. The Morgan fingerprint density at radius 3 is 2.82 bits per heavy atom. The van der Waals surface area contributed by atoms with E-state index in [0.717, 1.165) is 25.2 Å². The number of anilines is 1. The lowest BCUT2D eigenvalue weighted by Crippen LogP contribution is -2.49. The first kappa shape index (κ1) is 12.7. The third-order valence-electron chi connectivity index (χ3n) is 3.34. The summed E-state index contributed by atoms with van der Waals surface area (Å²) in [5.41, 5.74) is 0.909. The summed E-state index contributed by atoms with van der Waals surface area (Å²) in [4.78, 5) is 0. The molecule has 1 aromatic carbocycles. The third kappa shape index (κ3) is 3.11. The number of piperidine rings is 1. The number of halogens is 2. The molecule has 2 nitrogen and oxygen atoms in total. The van der Waals surface area contributed by atoms with Crippen molar-refractivity contribution in [3.63, 3.8) is 0 Å². The second-order valence-corrected chi connectivity index (χ2v) is 5.75. The van der Waals surface area contributed by atoms with E-state index in [0.29, 0.717) is 11.1 Å². The van der Waals surface area contributed by atoms with E-state index in [1.165, 1.54) is 12.1 Å². The van der Waals surface area contributed by atoms with Gasteiger partial charge in [-0.25, -0.2) is 4.39 Å². The minimum absolute atomic E-state index is 0.150. The van der Waals surface area contributed by atoms with Crippen molar-refractivity contribution in [3.8, 4) is 0 Å². The summed E-state index contributed by atoms with van der Waals surface area (Å²) in [6.07, 6.45) is 1.03. The molecule has 4 heteroatoms. The van der Waals surface area contributed by atoms with Gasteiger partial charge in [-0.15, -0.1) is 0 Å². The topological polar surface area (TPSA) is 24.1 Å². The van der Waals surface area contributed by atoms with Crippen LogP contribution in [0.3, 0.4) is 0 Å². The largest absolute Gasteiger partial charge is 0.382 e. The molecule has 0 aliphatic carbocycles. The first-order valence-electron chi connectivity index (χ1n) is 5.91. The normalized spacial score (nSPS) is 23.4. The van der Waals surface area contributed by atoms with E-state index in [9.17, 15) is 4.39 Å². The highest BCUT2D eigenvalue weighted by Crippen LogP contribution is 2.29. The van der Waals surface area contributed by atoms with Crippen LogP contribution in [0.5, 0.6) is 0 Å². The van der Waals surface area contributed by atoms with Crippen LogP contribution in [0.1, 0.15) is 20.3 Å². The molecule has 1 atom stereocenters. The molecule has 0 aromatic heterocycles. The Morgan fingerprint density at radius 2 is 2.18 bits per heavy atom. The second kappa shape index (κ2) is 4.83. The second-order valence-electron chi connectivity index (χ2n) is 5.31. The molecule has 0 saturated carbocycles. The van der Waals surface area contributed by atoms with Crippen LogP contribution in [-0.2, 0) is 0 Å². The Kier molecular flexibility index (Phi) is 3.59. The van der Waals surface area contributed by atoms with Gasteiger partial charge >= 0.3 is 0 Å². The van der Waals surface area contributed by atoms with E-state index in [-0.39, 0.29) is 11.2 Å². The summed E-state index contributed by atoms with van der Waals surface area (Å²) in [5, 5.41) is 7.19. The van der Waals surface area contributed by atoms with Crippen LogP contribution in [0.25, 0.3) is 0 Å². The molecule has 1 aliphatic heterocycles. The molecule has 2 rings (SSSR count). The SMILES string of the molecule is CC1(C)CNCCC1Nc1cc(F)cc(Cl)c1. The van der Waals surface area contributed by atoms with Gasteiger partial charge in [0.2, 0.25) is 0 Å². The van der Waals surface area contributed by atoms with E-state index < -0.39 is 0 Å². The van der Waals surface area contributed by atoms with Crippen molar-refractivity contribution < 1.29 is 4.39 Å². The van der Waals surface area contributed by atoms with Crippen molar-refractivity contribution >= 4 is 17.3 Å². The average molecular weight is 257 g/mol. The Labute approximate surface area is 107 Å². The van der Waals surface area contributed by atoms with E-state index in [1.807, 2.05) is 0 Å². The standard InChI is InChI=1S/C13H18ClFN2/c1-13(2)8-16-4-3-12(13)17-11-6-9(14)5-10(15)7-11/h5-7,12,16-17H,3-4,8H2,1-2H3. The molecular formula is C13H18ClFN2. The quantitative estimate of drug-likeness (QED) is 0.849. The van der Waals surface area contributed by atoms with Gasteiger partial charge in [-0.3, -0.25) is 0 Å². The maximum Gasteiger partial charge on any atom is 0.126 e. The number of rotatable bonds is 2. The molecular weight excluding hydrogens is 239 g/mol. The van der Waals surface area contributed by atoms with Gasteiger partial charge in [-0.05, 0) is 36.6 Å². The molecule has 1 aromatic rings. The van der Waals surface area contributed by atoms with E-state index in [4.69, 9.17) is 11.6 Å². The van der Waals surface area contributed by atoms with Gasteiger partial charge in [0.15, 0.2) is 0 Å². The first-order valence-corrected chi connectivity index (χ1v) is 6.28. The molecule has 0 amide bonds. The fourth-order valence-electron chi connectivity index (χ4n) is 2.28. The highest BCUT2D eigenvalue weighted by Gasteiger charge is 2.32. The molecule has 2 N–H and O–H groups in total. The molecule has 0 bridgehead atoms. The molecule has 1 saturated heterocycles. The fourth-order valence-corrected chi connectivity index (χ4v) is 2.50. The molecule has 1 heterocycles. The lowest BCUT2D eigenvalue weighted by atomic mass is 9.80. The lowest BCUT2D eigenvalue weighted by Gasteiger charge is -2.40. The predicted molar refractivity (Wildman–Crippen MR) is 70.1 cm³/mol. The van der Waals surface area contributed by atoms with E-state index in [1.54, 1.807) is 6.07 Å². The van der Waals surface area contributed by atoms with Crippen molar-refractivity contribution in [2.45, 2.75) is 26.3 Å². The number of nitrogens with one attached hydrogen (secondary N) is 2. The molecule has 0 spiro atoms. The van der Waals surface area contributed by atoms with Crippen molar-refractivity contribution in [3.05, 3.63) is 29.0 Å². The van der Waals surface area contributed by atoms with Crippen LogP contribution in [0.15, 0.2) is 18.2 Å². The summed E-state index contributed by atoms with van der Waals surface area (Å²) in [6.45, 7) is 6.37. The molecule has 17 heavy (non-hydrogen) atoms. The van der Waals surface area contributed by atoms with Crippen molar-refractivity contribution in [2.24, 2.45) is 5.41 Å². The van der Waals surface area contributed by atoms with E-state index in [2.05, 4.69) is 24.5 Å². The first-order chi connectivity index (χ1) is 7.97. The fraction of sp³-hybridized carbons (Fsp3) is 0.538. The monoisotopic (exact) mass is 256 g/mol. The average Bonchev–Trinajstić information content (AvgIpc) is 2.19. The number of benzene rings is 1. The van der Waals surface area contributed by atoms with Gasteiger partial charge in [0.25, 0.3) is 0 Å². The summed E-state index contributed by atoms with van der Waals surface area (Å²) in [7, 11) is 0. The van der Waals surface area contributed by atoms with Crippen molar-refractivity contribution in [1.82, 2.24) is 5.32 Å². The molecule has 1 unspecified atom stereocenters. The highest BCUT2D eigenvalue weighted by atomic mass is 35.5. The smallest absolute Gasteiger partial charge is 0.126 e. The third-order valence-corrected chi connectivity index (χ3v) is 3.56. The summed E-state index contributed by atoms with van der Waals surface area (Å²) in [5.74, 6) is -0.299. The van der Waals surface area contributed by atoms with Gasteiger partial charge in [-0.2, -0.15) is 0 Å². The van der Waals surface area contributed by atoms with Gasteiger partial charge in [0.1, 0.15) is 5.82 Å². The summed E-state index contributed by atoms with van der Waals surface area (Å²) >= 11 is 5.85. The summed E-state index contributed by atoms with van der Waals surface area (Å²) in [6, 6.07) is 4.91. The Morgan fingerprint density at radius 1 is 1.41 bits per heavy atom. The Balaban J connectivity index is 2.14. The van der Waals surface area contributed by atoms with Crippen molar-refractivity contribution in [1.29, 1.82) is 0 Å². The summed E-state index contributed by atoms with van der Waals surface area (Å²) < 4.78 is 13.2. The van der Waals surface area contributed by atoms with Gasteiger partial charge < -0.3 is 10.6 Å². The highest BCUT2D eigenvalue weighted by molar-refractivity contribution is 6.30. The molecule has 1 aliphatic rings. The zero-order chi connectivity index (χ0) is 12.5. The van der Waals surface area contributed by atoms with E-state index >= 15 is 0 Å². The Hall–Kier alpha value is -0.800. The Bertz CT molecular complexity index is 386. The van der Waals surface area contributed by atoms with Crippen LogP contribution in [0.4, 0.5) is 10.1 Å². The maximum absolute atomic E-state index is 13.2. The lowest BCUT2D eigenvalue weighted by molar-refractivity contribution is 0.236. The maximum atomic E-state index is 13.2. The van der Waals surface area contributed by atoms with Crippen molar-refractivity contribution in [2.75, 3.05) is 18.4 Å². The molecule has 94 valence electrons.